The molecule has 0 radical (unpaired) electrons. The third kappa shape index (κ3) is 3.96. The van der Waals surface area contributed by atoms with E-state index in [0.29, 0.717) is 5.15 Å². The van der Waals surface area contributed by atoms with Crippen molar-refractivity contribution in [3.05, 3.63) is 53.3 Å². The molecule has 1 amide bonds. The van der Waals surface area contributed by atoms with Crippen molar-refractivity contribution >= 4 is 28.9 Å². The van der Waals surface area contributed by atoms with Gasteiger partial charge in [-0.2, -0.15) is 0 Å². The molecule has 2 aromatic rings. The monoisotopic (exact) mass is 289 g/mol. The summed E-state index contributed by atoms with van der Waals surface area (Å²) in [5, 5.41) is 6.57. The summed E-state index contributed by atoms with van der Waals surface area (Å²) in [7, 11) is 0. The Morgan fingerprint density at radius 2 is 2.05 bits per heavy atom. The third-order valence-electron chi connectivity index (χ3n) is 2.82. The normalized spacial score (nSPS) is 11.8. The molecule has 0 saturated heterocycles. The molecule has 1 atom stereocenters. The van der Waals surface area contributed by atoms with E-state index in [-0.39, 0.29) is 11.9 Å². The van der Waals surface area contributed by atoms with Crippen LogP contribution < -0.4 is 10.6 Å². The van der Waals surface area contributed by atoms with E-state index in [1.165, 1.54) is 6.92 Å². The van der Waals surface area contributed by atoms with Gasteiger partial charge in [-0.3, -0.25) is 4.79 Å². The van der Waals surface area contributed by atoms with Crippen molar-refractivity contribution in [2.75, 3.05) is 10.6 Å². The maximum absolute atomic E-state index is 11.1. The summed E-state index contributed by atoms with van der Waals surface area (Å²) in [6.45, 7) is 3.54. The van der Waals surface area contributed by atoms with Gasteiger partial charge in [0.15, 0.2) is 0 Å². The molecular weight excluding hydrogens is 274 g/mol. The van der Waals surface area contributed by atoms with Crippen LogP contribution in [0.5, 0.6) is 0 Å². The van der Waals surface area contributed by atoms with E-state index in [1.54, 1.807) is 12.3 Å². The Labute approximate surface area is 123 Å². The number of carbonyl (C=O) groups is 1. The van der Waals surface area contributed by atoms with Gasteiger partial charge in [0.1, 0.15) is 5.15 Å². The van der Waals surface area contributed by atoms with Crippen LogP contribution in [0, 0.1) is 0 Å². The smallest absolute Gasteiger partial charge is 0.221 e. The Kier molecular flexibility index (Phi) is 4.58. The van der Waals surface area contributed by atoms with E-state index in [2.05, 4.69) is 15.6 Å². The number of nitrogens with one attached hydrogen (secondary N) is 2. The van der Waals surface area contributed by atoms with Crippen molar-refractivity contribution in [3.8, 4) is 0 Å². The van der Waals surface area contributed by atoms with Gasteiger partial charge in [0.25, 0.3) is 0 Å². The number of carbonyl (C=O) groups excluding carboxylic acids is 1. The van der Waals surface area contributed by atoms with Crippen molar-refractivity contribution in [3.63, 3.8) is 0 Å². The average Bonchev–Trinajstić information content (AvgIpc) is 2.38. The Morgan fingerprint density at radius 3 is 2.75 bits per heavy atom. The molecule has 2 N–H and O–H groups in total. The summed E-state index contributed by atoms with van der Waals surface area (Å²) in [5.41, 5.74) is 2.77. The quantitative estimate of drug-likeness (QED) is 0.840. The molecule has 1 aromatic carbocycles. The lowest BCUT2D eigenvalue weighted by molar-refractivity contribution is -0.114. The number of pyridine rings is 1. The highest BCUT2D eigenvalue weighted by Gasteiger charge is 2.07. The van der Waals surface area contributed by atoms with Gasteiger partial charge in [-0.05, 0) is 36.8 Å². The van der Waals surface area contributed by atoms with E-state index in [1.807, 2.05) is 37.3 Å². The molecule has 2 rings (SSSR count). The lowest BCUT2D eigenvalue weighted by Gasteiger charge is -2.16. The maximum Gasteiger partial charge on any atom is 0.221 e. The first kappa shape index (κ1) is 14.3. The average molecular weight is 290 g/mol. The Balaban J connectivity index is 2.12. The highest BCUT2D eigenvalue weighted by atomic mass is 35.5. The first-order valence-corrected chi connectivity index (χ1v) is 6.68. The van der Waals surface area contributed by atoms with Crippen molar-refractivity contribution in [1.82, 2.24) is 4.98 Å². The van der Waals surface area contributed by atoms with Crippen molar-refractivity contribution < 1.29 is 4.79 Å². The zero-order valence-corrected chi connectivity index (χ0v) is 12.1. The minimum absolute atomic E-state index is 0.0799. The van der Waals surface area contributed by atoms with Gasteiger partial charge in [-0.25, -0.2) is 4.98 Å². The summed E-state index contributed by atoms with van der Waals surface area (Å²) in [6, 6.07) is 11.4. The molecule has 1 unspecified atom stereocenters. The molecule has 0 aliphatic carbocycles. The fourth-order valence-electron chi connectivity index (χ4n) is 1.91. The summed E-state index contributed by atoms with van der Waals surface area (Å²) in [5.74, 6) is -0.0799. The number of benzene rings is 1. The predicted molar refractivity (Wildman–Crippen MR) is 82.0 cm³/mol. The van der Waals surface area contributed by atoms with E-state index in [9.17, 15) is 4.79 Å². The van der Waals surface area contributed by atoms with Gasteiger partial charge in [-0.1, -0.05) is 23.7 Å². The van der Waals surface area contributed by atoms with Crippen LogP contribution in [-0.4, -0.2) is 10.9 Å². The molecule has 0 bridgehead atoms. The number of amides is 1. The number of hydrogen-bond acceptors (Lipinski definition) is 3. The minimum atomic E-state index is -0.0799. The summed E-state index contributed by atoms with van der Waals surface area (Å²) in [6.07, 6.45) is 1.66. The van der Waals surface area contributed by atoms with Gasteiger partial charge in [0, 0.05) is 30.5 Å². The lowest BCUT2D eigenvalue weighted by Crippen LogP contribution is -2.09. The largest absolute Gasteiger partial charge is 0.378 e. The number of anilines is 2. The van der Waals surface area contributed by atoms with Gasteiger partial charge in [-0.15, -0.1) is 0 Å². The topological polar surface area (TPSA) is 54.0 Å². The van der Waals surface area contributed by atoms with Crippen LogP contribution in [0.2, 0.25) is 5.15 Å². The van der Waals surface area contributed by atoms with Crippen LogP contribution in [0.15, 0.2) is 42.6 Å². The Hall–Kier alpha value is -2.07. The van der Waals surface area contributed by atoms with Gasteiger partial charge < -0.3 is 10.6 Å². The molecule has 0 aliphatic rings. The van der Waals surface area contributed by atoms with Crippen molar-refractivity contribution in [2.45, 2.75) is 19.9 Å². The first-order valence-electron chi connectivity index (χ1n) is 6.30. The molecule has 1 aromatic heterocycles. The predicted octanol–water partition coefficient (Wildman–Crippen LogP) is 3.87. The van der Waals surface area contributed by atoms with E-state index in [0.717, 1.165) is 16.9 Å². The van der Waals surface area contributed by atoms with Gasteiger partial charge in [0.05, 0.1) is 0 Å². The molecule has 0 fully saturated rings. The molecule has 0 saturated carbocycles. The number of rotatable bonds is 4. The van der Waals surface area contributed by atoms with E-state index < -0.39 is 0 Å². The van der Waals surface area contributed by atoms with Crippen LogP contribution >= 0.6 is 11.6 Å². The zero-order chi connectivity index (χ0) is 14.5. The van der Waals surface area contributed by atoms with E-state index >= 15 is 0 Å². The zero-order valence-electron chi connectivity index (χ0n) is 11.4. The van der Waals surface area contributed by atoms with E-state index in [4.69, 9.17) is 11.6 Å². The minimum Gasteiger partial charge on any atom is -0.378 e. The molecule has 5 heteroatoms. The standard InChI is InChI=1S/C15H16ClN3O/c1-10(18-14-6-7-17-15(16)9-14)12-4-3-5-13(8-12)19-11(2)20/h3-10H,1-2H3,(H,17,18)(H,19,20). The van der Waals surface area contributed by atoms with Crippen LogP contribution in [0.3, 0.4) is 0 Å². The van der Waals surface area contributed by atoms with Crippen LogP contribution in [-0.2, 0) is 4.79 Å². The fourth-order valence-corrected chi connectivity index (χ4v) is 2.09. The van der Waals surface area contributed by atoms with Crippen LogP contribution in [0.25, 0.3) is 0 Å². The summed E-state index contributed by atoms with van der Waals surface area (Å²) in [4.78, 5) is 15.0. The van der Waals surface area contributed by atoms with Crippen molar-refractivity contribution in [1.29, 1.82) is 0 Å². The maximum atomic E-state index is 11.1. The van der Waals surface area contributed by atoms with Crippen molar-refractivity contribution in [2.24, 2.45) is 0 Å². The van der Waals surface area contributed by atoms with Gasteiger partial charge in [0.2, 0.25) is 5.91 Å². The van der Waals surface area contributed by atoms with Crippen LogP contribution in [0.1, 0.15) is 25.5 Å². The highest BCUT2D eigenvalue weighted by molar-refractivity contribution is 6.29. The number of nitrogens with zero attached hydrogens (tertiary/aromatic N) is 1. The second kappa shape index (κ2) is 6.39. The molecule has 104 valence electrons. The molecule has 20 heavy (non-hydrogen) atoms. The summed E-state index contributed by atoms with van der Waals surface area (Å²) < 4.78 is 0. The molecular formula is C15H16ClN3O. The Morgan fingerprint density at radius 1 is 1.25 bits per heavy atom. The van der Waals surface area contributed by atoms with Gasteiger partial charge >= 0.3 is 0 Å². The number of halogens is 1. The summed E-state index contributed by atoms with van der Waals surface area (Å²) >= 11 is 5.86. The first-order chi connectivity index (χ1) is 9.54. The Bertz CT molecular complexity index is 616. The molecule has 0 aliphatic heterocycles. The third-order valence-corrected chi connectivity index (χ3v) is 3.02. The molecule has 1 heterocycles. The lowest BCUT2D eigenvalue weighted by atomic mass is 10.1. The highest BCUT2D eigenvalue weighted by Crippen LogP contribution is 2.22. The molecule has 0 spiro atoms. The molecule has 4 nitrogen and oxygen atoms in total. The number of hydrogen-bond donors (Lipinski definition) is 2. The second-order valence-electron chi connectivity index (χ2n) is 4.54. The SMILES string of the molecule is CC(=O)Nc1cccc(C(C)Nc2ccnc(Cl)c2)c1. The second-order valence-corrected chi connectivity index (χ2v) is 4.93. The fraction of sp³-hybridized carbons (Fsp3) is 0.200. The van der Waals surface area contributed by atoms with Crippen LogP contribution in [0.4, 0.5) is 11.4 Å². The number of aromatic nitrogens is 1.